The van der Waals surface area contributed by atoms with E-state index < -0.39 is 10.0 Å². The van der Waals surface area contributed by atoms with Gasteiger partial charge in [0.25, 0.3) is 15.9 Å². The number of sulfonamides is 1. The summed E-state index contributed by atoms with van der Waals surface area (Å²) in [5.74, 6) is -0.240. The van der Waals surface area contributed by atoms with Crippen LogP contribution < -0.4 is 10.0 Å². The molecule has 0 bridgehead atoms. The summed E-state index contributed by atoms with van der Waals surface area (Å²) in [5.41, 5.74) is 1.17. The second kappa shape index (κ2) is 8.04. The van der Waals surface area contributed by atoms with Gasteiger partial charge >= 0.3 is 0 Å². The molecule has 3 aromatic rings. The lowest BCUT2D eigenvalue weighted by atomic mass is 10.2. The Bertz CT molecular complexity index is 1050. The largest absolute Gasteiger partial charge is 0.347 e. The minimum absolute atomic E-state index is 0.00221. The van der Waals surface area contributed by atoms with Crippen LogP contribution in [0.3, 0.4) is 0 Å². The van der Waals surface area contributed by atoms with Gasteiger partial charge in [0, 0.05) is 6.54 Å². The SMILES string of the molecule is O=C(NCc1ccccc1)c1ccc(NS(=O)(=O)c2c(Cl)cccc2Cl)[nH]1. The van der Waals surface area contributed by atoms with Crippen LogP contribution in [0.15, 0.2) is 65.6 Å². The molecule has 0 spiro atoms. The van der Waals surface area contributed by atoms with E-state index >= 15 is 0 Å². The zero-order valence-corrected chi connectivity index (χ0v) is 16.2. The van der Waals surface area contributed by atoms with Crippen molar-refractivity contribution in [2.24, 2.45) is 0 Å². The smallest absolute Gasteiger partial charge is 0.268 e. The molecule has 3 N–H and O–H groups in total. The van der Waals surface area contributed by atoms with Crippen LogP contribution in [0.2, 0.25) is 10.0 Å². The standard InChI is InChI=1S/C18H15Cl2N3O3S/c19-13-7-4-8-14(20)17(13)27(25,26)23-16-10-9-15(22-16)18(24)21-11-12-5-2-1-3-6-12/h1-10,22-23H,11H2,(H,21,24). The molecule has 1 aromatic heterocycles. The molecule has 1 heterocycles. The predicted octanol–water partition coefficient (Wildman–Crippen LogP) is 4.05. The van der Waals surface area contributed by atoms with Crippen molar-refractivity contribution in [1.29, 1.82) is 0 Å². The molecule has 1 amide bonds. The number of H-pyrrole nitrogens is 1. The minimum atomic E-state index is -4.02. The second-order valence-corrected chi connectivity index (χ2v) is 8.04. The topological polar surface area (TPSA) is 91.1 Å². The van der Waals surface area contributed by atoms with Gasteiger partial charge in [-0.05, 0) is 29.8 Å². The zero-order chi connectivity index (χ0) is 19.4. The van der Waals surface area contributed by atoms with E-state index in [1.54, 1.807) is 6.07 Å². The van der Waals surface area contributed by atoms with Gasteiger partial charge in [0.15, 0.2) is 0 Å². The lowest BCUT2D eigenvalue weighted by Crippen LogP contribution is -2.23. The van der Waals surface area contributed by atoms with E-state index in [0.717, 1.165) is 5.56 Å². The first-order valence-electron chi connectivity index (χ1n) is 7.85. The van der Waals surface area contributed by atoms with Crippen molar-refractivity contribution < 1.29 is 13.2 Å². The van der Waals surface area contributed by atoms with Crippen molar-refractivity contribution in [3.8, 4) is 0 Å². The first-order valence-corrected chi connectivity index (χ1v) is 10.1. The van der Waals surface area contributed by atoms with Crippen LogP contribution in [0.4, 0.5) is 5.82 Å². The number of aromatic amines is 1. The summed E-state index contributed by atoms with van der Waals surface area (Å²) < 4.78 is 27.4. The number of aromatic nitrogens is 1. The van der Waals surface area contributed by atoms with Gasteiger partial charge in [-0.15, -0.1) is 0 Å². The van der Waals surface area contributed by atoms with Crippen LogP contribution in [0.25, 0.3) is 0 Å². The van der Waals surface area contributed by atoms with E-state index in [2.05, 4.69) is 15.0 Å². The van der Waals surface area contributed by atoms with Crippen molar-refractivity contribution >= 4 is 45.0 Å². The Labute approximate surface area is 166 Å². The highest BCUT2D eigenvalue weighted by Crippen LogP contribution is 2.30. The quantitative estimate of drug-likeness (QED) is 0.558. The number of rotatable bonds is 6. The summed E-state index contributed by atoms with van der Waals surface area (Å²) in [6, 6.07) is 16.8. The highest BCUT2D eigenvalue weighted by molar-refractivity contribution is 7.93. The van der Waals surface area contributed by atoms with Gasteiger partial charge in [0.1, 0.15) is 16.4 Å². The maximum absolute atomic E-state index is 12.5. The Hall–Kier alpha value is -2.48. The Morgan fingerprint density at radius 2 is 1.59 bits per heavy atom. The van der Waals surface area contributed by atoms with E-state index in [0.29, 0.717) is 6.54 Å². The van der Waals surface area contributed by atoms with E-state index in [9.17, 15) is 13.2 Å². The Kier molecular flexibility index (Phi) is 5.74. The number of amides is 1. The fraction of sp³-hybridized carbons (Fsp3) is 0.0556. The average molecular weight is 424 g/mol. The molecule has 0 fully saturated rings. The Balaban J connectivity index is 1.71. The number of nitrogens with one attached hydrogen (secondary N) is 3. The number of halogens is 2. The van der Waals surface area contributed by atoms with Gasteiger partial charge in [-0.3, -0.25) is 9.52 Å². The van der Waals surface area contributed by atoms with Gasteiger partial charge < -0.3 is 10.3 Å². The molecule has 2 aromatic carbocycles. The number of hydrogen-bond donors (Lipinski definition) is 3. The van der Waals surface area contributed by atoms with E-state index in [1.807, 2.05) is 30.3 Å². The molecule has 0 radical (unpaired) electrons. The predicted molar refractivity (Wildman–Crippen MR) is 106 cm³/mol. The molecular formula is C18H15Cl2N3O3S. The van der Waals surface area contributed by atoms with Crippen molar-refractivity contribution in [3.63, 3.8) is 0 Å². The van der Waals surface area contributed by atoms with Crippen LogP contribution in [0.5, 0.6) is 0 Å². The molecule has 0 unspecified atom stereocenters. The van der Waals surface area contributed by atoms with Gasteiger partial charge in [-0.1, -0.05) is 59.6 Å². The fourth-order valence-corrected chi connectivity index (χ4v) is 4.56. The van der Waals surface area contributed by atoms with E-state index in [-0.39, 0.29) is 32.4 Å². The summed E-state index contributed by atoms with van der Waals surface area (Å²) in [4.78, 5) is 14.7. The molecular weight excluding hydrogens is 409 g/mol. The molecule has 0 saturated heterocycles. The van der Waals surface area contributed by atoms with Gasteiger partial charge in [-0.2, -0.15) is 0 Å². The first kappa shape index (κ1) is 19.3. The molecule has 0 aliphatic rings. The van der Waals surface area contributed by atoms with Gasteiger partial charge in [-0.25, -0.2) is 8.42 Å². The number of carbonyl (C=O) groups is 1. The summed E-state index contributed by atoms with van der Waals surface area (Å²) in [7, 11) is -4.02. The molecule has 0 aliphatic carbocycles. The third kappa shape index (κ3) is 4.63. The van der Waals surface area contributed by atoms with Crippen molar-refractivity contribution in [3.05, 3.63) is 82.0 Å². The Morgan fingerprint density at radius 3 is 2.26 bits per heavy atom. The summed E-state index contributed by atoms with van der Waals surface area (Å²) in [6.45, 7) is 0.356. The van der Waals surface area contributed by atoms with Crippen LogP contribution in [0.1, 0.15) is 16.1 Å². The lowest BCUT2D eigenvalue weighted by molar-refractivity contribution is 0.0946. The summed E-state index contributed by atoms with van der Waals surface area (Å²) >= 11 is 11.9. The van der Waals surface area contributed by atoms with Crippen molar-refractivity contribution in [2.45, 2.75) is 11.4 Å². The van der Waals surface area contributed by atoms with Crippen LogP contribution in [0, 0.1) is 0 Å². The lowest BCUT2D eigenvalue weighted by Gasteiger charge is -2.09. The number of benzene rings is 2. The minimum Gasteiger partial charge on any atom is -0.347 e. The zero-order valence-electron chi connectivity index (χ0n) is 13.9. The van der Waals surface area contributed by atoms with Gasteiger partial charge in [0.2, 0.25) is 0 Å². The molecule has 0 atom stereocenters. The third-order valence-corrected chi connectivity index (χ3v) is 5.98. The second-order valence-electron chi connectivity index (χ2n) is 5.61. The van der Waals surface area contributed by atoms with Crippen molar-refractivity contribution in [1.82, 2.24) is 10.3 Å². The molecule has 9 heteroatoms. The summed E-state index contributed by atoms with van der Waals surface area (Å²) in [5, 5.41) is 2.76. The maximum atomic E-state index is 12.5. The summed E-state index contributed by atoms with van der Waals surface area (Å²) in [6.07, 6.45) is 0. The molecule has 140 valence electrons. The monoisotopic (exact) mass is 423 g/mol. The van der Waals surface area contributed by atoms with E-state index in [4.69, 9.17) is 23.2 Å². The maximum Gasteiger partial charge on any atom is 0.268 e. The average Bonchev–Trinajstić information content (AvgIpc) is 3.08. The van der Waals surface area contributed by atoms with Crippen LogP contribution >= 0.6 is 23.2 Å². The van der Waals surface area contributed by atoms with Gasteiger partial charge in [0.05, 0.1) is 10.0 Å². The normalized spacial score (nSPS) is 11.2. The number of anilines is 1. The van der Waals surface area contributed by atoms with Crippen molar-refractivity contribution in [2.75, 3.05) is 4.72 Å². The molecule has 3 rings (SSSR count). The van der Waals surface area contributed by atoms with Crippen LogP contribution in [-0.2, 0) is 16.6 Å². The van der Waals surface area contributed by atoms with E-state index in [1.165, 1.54) is 24.3 Å². The number of hydrogen-bond acceptors (Lipinski definition) is 3. The van der Waals surface area contributed by atoms with Crippen LogP contribution in [-0.4, -0.2) is 19.3 Å². The highest BCUT2D eigenvalue weighted by atomic mass is 35.5. The Morgan fingerprint density at radius 1 is 0.926 bits per heavy atom. The molecule has 6 nitrogen and oxygen atoms in total. The molecule has 27 heavy (non-hydrogen) atoms. The third-order valence-electron chi connectivity index (χ3n) is 3.66. The fourth-order valence-electron chi connectivity index (χ4n) is 2.40. The molecule has 0 aliphatic heterocycles. The molecule has 0 saturated carbocycles. The highest BCUT2D eigenvalue weighted by Gasteiger charge is 2.22. The first-order chi connectivity index (χ1) is 12.9. The number of carbonyl (C=O) groups excluding carboxylic acids is 1.